The van der Waals surface area contributed by atoms with Crippen molar-refractivity contribution < 1.29 is 23.0 Å². The Hall–Kier alpha value is -3.67. The highest BCUT2D eigenvalue weighted by Gasteiger charge is 2.60. The average Bonchev–Trinajstić information content (AvgIpc) is 3.53. The van der Waals surface area contributed by atoms with Crippen molar-refractivity contribution in [2.75, 3.05) is 18.6 Å². The molecule has 1 aliphatic heterocycles. The number of fused-ring (bicyclic) bond motifs is 1. The highest BCUT2D eigenvalue weighted by Crippen LogP contribution is 2.53. The Balaban J connectivity index is 1.57. The molecule has 2 aromatic rings. The maximum absolute atomic E-state index is 14.6. The second-order valence-electron chi connectivity index (χ2n) is 7.03. The summed E-state index contributed by atoms with van der Waals surface area (Å²) < 4.78 is 39.3. The fourth-order valence-corrected chi connectivity index (χ4v) is 3.58. The number of carbonyl (C=O) groups is 1. The molecule has 0 spiro atoms. The molecule has 0 radical (unpaired) electrons. The van der Waals surface area contributed by atoms with Crippen molar-refractivity contribution in [3.63, 3.8) is 0 Å². The number of carbonyl (C=O) groups excluding carboxylic acids is 1. The number of nitrogens with zero attached hydrogens (tertiary/aromatic N) is 2. The molecule has 1 fully saturated rings. The van der Waals surface area contributed by atoms with Gasteiger partial charge < -0.3 is 20.5 Å². The second-order valence-corrected chi connectivity index (χ2v) is 7.03. The van der Waals surface area contributed by atoms with Crippen LogP contribution in [-0.4, -0.2) is 36.3 Å². The van der Waals surface area contributed by atoms with Crippen LogP contribution in [0.15, 0.2) is 41.5 Å². The van der Waals surface area contributed by atoms with Gasteiger partial charge in [-0.1, -0.05) is 5.92 Å². The molecule has 3 N–H and O–H groups in total. The molecule has 4 rings (SSSR count). The van der Waals surface area contributed by atoms with Crippen LogP contribution in [0.3, 0.4) is 0 Å². The molecule has 1 aliphatic carbocycles. The van der Waals surface area contributed by atoms with Crippen molar-refractivity contribution in [1.82, 2.24) is 4.98 Å². The van der Waals surface area contributed by atoms with Gasteiger partial charge in [-0.3, -0.25) is 4.79 Å². The predicted octanol–water partition coefficient (Wildman–Crippen LogP) is 2.38. The molecule has 9 heteroatoms. The SMILES string of the molecule is C#CCOc1ccc(C(=O)Nc2ccc(F)c([C@@]3(CF)N=C(N)O[C@@H]4C[C@@H]43)c2)nc1. The van der Waals surface area contributed by atoms with Crippen LogP contribution in [-0.2, 0) is 10.3 Å². The number of amidine groups is 1. The second kappa shape index (κ2) is 7.63. The summed E-state index contributed by atoms with van der Waals surface area (Å²) in [6.45, 7) is -0.852. The number of rotatable bonds is 6. The minimum Gasteiger partial charge on any atom is -0.479 e. The largest absolute Gasteiger partial charge is 0.479 e. The van der Waals surface area contributed by atoms with Gasteiger partial charge in [-0.25, -0.2) is 18.8 Å². The normalized spacial score (nSPS) is 24.0. The number of halogens is 2. The Morgan fingerprint density at radius 3 is 2.97 bits per heavy atom. The van der Waals surface area contributed by atoms with Crippen LogP contribution in [0.5, 0.6) is 5.75 Å². The van der Waals surface area contributed by atoms with Crippen LogP contribution in [0, 0.1) is 24.1 Å². The van der Waals surface area contributed by atoms with Crippen molar-refractivity contribution in [2.24, 2.45) is 16.6 Å². The summed E-state index contributed by atoms with van der Waals surface area (Å²) in [5, 5.41) is 2.63. The fourth-order valence-electron chi connectivity index (χ4n) is 3.58. The van der Waals surface area contributed by atoms with E-state index in [1.165, 1.54) is 24.4 Å². The highest BCUT2D eigenvalue weighted by molar-refractivity contribution is 6.02. The number of hydrogen-bond donors (Lipinski definition) is 2. The lowest BCUT2D eigenvalue weighted by molar-refractivity contribution is 0.102. The zero-order chi connectivity index (χ0) is 21.3. The first-order valence-electron chi connectivity index (χ1n) is 9.18. The van der Waals surface area contributed by atoms with Gasteiger partial charge in [0, 0.05) is 17.2 Å². The molecule has 7 nitrogen and oxygen atoms in total. The number of aromatic nitrogens is 1. The third-order valence-corrected chi connectivity index (χ3v) is 5.11. The summed E-state index contributed by atoms with van der Waals surface area (Å²) in [6, 6.07) is 6.76. The van der Waals surface area contributed by atoms with Gasteiger partial charge in [-0.2, -0.15) is 0 Å². The van der Waals surface area contributed by atoms with Crippen molar-refractivity contribution in [2.45, 2.75) is 18.1 Å². The van der Waals surface area contributed by atoms with Gasteiger partial charge in [0.15, 0.2) is 0 Å². The predicted molar refractivity (Wildman–Crippen MR) is 105 cm³/mol. The van der Waals surface area contributed by atoms with E-state index in [4.69, 9.17) is 21.6 Å². The van der Waals surface area contributed by atoms with E-state index in [2.05, 4.69) is 21.2 Å². The zero-order valence-electron chi connectivity index (χ0n) is 15.8. The maximum Gasteiger partial charge on any atom is 0.283 e. The molecule has 2 aliphatic rings. The third kappa shape index (κ3) is 3.52. The van der Waals surface area contributed by atoms with Gasteiger partial charge in [-0.15, -0.1) is 6.42 Å². The quantitative estimate of drug-likeness (QED) is 0.710. The average molecular weight is 412 g/mol. The van der Waals surface area contributed by atoms with E-state index in [1.807, 2.05) is 0 Å². The molecule has 1 aromatic heterocycles. The van der Waals surface area contributed by atoms with E-state index in [0.29, 0.717) is 12.2 Å². The topological polar surface area (TPSA) is 98.8 Å². The highest BCUT2D eigenvalue weighted by atomic mass is 19.1. The number of hydrogen-bond acceptors (Lipinski definition) is 6. The molecule has 0 bridgehead atoms. The van der Waals surface area contributed by atoms with Gasteiger partial charge >= 0.3 is 0 Å². The lowest BCUT2D eigenvalue weighted by Crippen LogP contribution is -2.39. The van der Waals surface area contributed by atoms with Gasteiger partial charge in [0.25, 0.3) is 11.9 Å². The Morgan fingerprint density at radius 2 is 2.27 bits per heavy atom. The lowest BCUT2D eigenvalue weighted by atomic mass is 9.85. The molecule has 1 aromatic carbocycles. The number of nitrogens with two attached hydrogens (primary N) is 1. The fraction of sp³-hybridized carbons (Fsp3) is 0.286. The van der Waals surface area contributed by atoms with Crippen molar-refractivity contribution in [3.05, 3.63) is 53.6 Å². The van der Waals surface area contributed by atoms with Gasteiger partial charge in [0.2, 0.25) is 0 Å². The molecule has 1 saturated carbocycles. The first-order chi connectivity index (χ1) is 14.5. The molecule has 0 saturated heterocycles. The molecule has 3 atom stereocenters. The number of alkyl halides is 1. The number of amides is 1. The monoisotopic (exact) mass is 412 g/mol. The molecular formula is C21H18F2N4O3. The summed E-state index contributed by atoms with van der Waals surface area (Å²) in [5.41, 5.74) is 4.61. The zero-order valence-corrected chi connectivity index (χ0v) is 15.8. The Labute approximate surface area is 171 Å². The van der Waals surface area contributed by atoms with Crippen LogP contribution in [0.1, 0.15) is 22.5 Å². The van der Waals surface area contributed by atoms with E-state index in [1.54, 1.807) is 6.07 Å². The van der Waals surface area contributed by atoms with Gasteiger partial charge in [0.05, 0.1) is 6.20 Å². The Bertz CT molecular complexity index is 1050. The van der Waals surface area contributed by atoms with E-state index < -0.39 is 23.9 Å². The van der Waals surface area contributed by atoms with Crippen molar-refractivity contribution >= 4 is 17.6 Å². The number of ether oxygens (including phenoxy) is 2. The number of pyridine rings is 1. The van der Waals surface area contributed by atoms with Crippen LogP contribution >= 0.6 is 0 Å². The van der Waals surface area contributed by atoms with Gasteiger partial charge in [0.1, 0.15) is 42.2 Å². The molecular weight excluding hydrogens is 394 g/mol. The first-order valence-corrected chi connectivity index (χ1v) is 9.18. The summed E-state index contributed by atoms with van der Waals surface area (Å²) in [4.78, 5) is 20.6. The van der Waals surface area contributed by atoms with Crippen LogP contribution < -0.4 is 15.8 Å². The molecule has 2 heterocycles. The smallest absolute Gasteiger partial charge is 0.283 e. The van der Waals surface area contributed by atoms with Gasteiger partial charge in [-0.05, 0) is 36.8 Å². The molecule has 30 heavy (non-hydrogen) atoms. The Morgan fingerprint density at radius 1 is 1.43 bits per heavy atom. The number of anilines is 1. The van der Waals surface area contributed by atoms with Crippen LogP contribution in [0.4, 0.5) is 14.5 Å². The van der Waals surface area contributed by atoms with Crippen LogP contribution in [0.25, 0.3) is 0 Å². The lowest BCUT2D eigenvalue weighted by Gasteiger charge is -2.31. The number of aliphatic imine (C=N–C) groups is 1. The third-order valence-electron chi connectivity index (χ3n) is 5.11. The number of terminal acetylenes is 1. The summed E-state index contributed by atoms with van der Waals surface area (Å²) in [7, 11) is 0. The minimum absolute atomic E-state index is 0.0209. The van der Waals surface area contributed by atoms with Crippen molar-refractivity contribution in [3.8, 4) is 18.1 Å². The Kier molecular flexibility index (Phi) is 4.99. The molecule has 1 amide bonds. The maximum atomic E-state index is 14.6. The first kappa shape index (κ1) is 19.6. The number of benzene rings is 1. The molecule has 0 unspecified atom stereocenters. The van der Waals surface area contributed by atoms with E-state index in [-0.39, 0.29) is 41.6 Å². The minimum atomic E-state index is -1.47. The van der Waals surface area contributed by atoms with E-state index >= 15 is 0 Å². The summed E-state index contributed by atoms with van der Waals surface area (Å²) in [5.74, 6) is 1.28. The summed E-state index contributed by atoms with van der Waals surface area (Å²) in [6.07, 6.45) is 6.74. The number of nitrogens with one attached hydrogen (secondary N) is 1. The van der Waals surface area contributed by atoms with Crippen LogP contribution in [0.2, 0.25) is 0 Å². The van der Waals surface area contributed by atoms with E-state index in [0.717, 1.165) is 6.07 Å². The standard InChI is InChI=1S/C21H18F2N4O3/c1-2-7-29-13-4-6-17(25-10-13)19(28)26-12-3-5-16(23)14(8-12)21(11-22)15-9-18(15)30-20(24)27-21/h1,3-6,8,10,15,18H,7,9,11H2,(H2,24,27)(H,26,28)/t15-,18+,21+/m0/s1. The summed E-state index contributed by atoms with van der Waals surface area (Å²) >= 11 is 0. The molecule has 154 valence electrons. The van der Waals surface area contributed by atoms with Crippen molar-refractivity contribution in [1.29, 1.82) is 0 Å². The van der Waals surface area contributed by atoms with E-state index in [9.17, 15) is 13.6 Å².